The van der Waals surface area contributed by atoms with E-state index in [2.05, 4.69) is 0 Å². The van der Waals surface area contributed by atoms with E-state index >= 15 is 0 Å². The number of methoxy groups -OCH3 is 1. The van der Waals surface area contributed by atoms with Crippen LogP contribution in [0.25, 0.3) is 0 Å². The van der Waals surface area contributed by atoms with Gasteiger partial charge < -0.3 is 10.5 Å². The second kappa shape index (κ2) is 6.34. The van der Waals surface area contributed by atoms with Gasteiger partial charge >= 0.3 is 0 Å². The minimum Gasteiger partial charge on any atom is -0.495 e. The Morgan fingerprint density at radius 2 is 2.25 bits per heavy atom. The molecule has 0 saturated carbocycles. The molecule has 20 heavy (non-hydrogen) atoms. The van der Waals surface area contributed by atoms with E-state index in [0.29, 0.717) is 30.6 Å². The Balaban J connectivity index is 2.38. The molecular formula is C13H20N2O3S2. The third-order valence-corrected chi connectivity index (χ3v) is 6.33. The molecule has 1 saturated heterocycles. The molecule has 7 heteroatoms. The lowest BCUT2D eigenvalue weighted by molar-refractivity contribution is 0.391. The van der Waals surface area contributed by atoms with Crippen LogP contribution in [-0.2, 0) is 16.6 Å². The van der Waals surface area contributed by atoms with Gasteiger partial charge in [-0.05, 0) is 17.7 Å². The van der Waals surface area contributed by atoms with Gasteiger partial charge in [-0.25, -0.2) is 8.42 Å². The molecule has 112 valence electrons. The van der Waals surface area contributed by atoms with Crippen LogP contribution in [0.1, 0.15) is 12.5 Å². The Labute approximate surface area is 124 Å². The van der Waals surface area contributed by atoms with Crippen molar-refractivity contribution < 1.29 is 13.2 Å². The van der Waals surface area contributed by atoms with E-state index in [4.69, 9.17) is 10.5 Å². The van der Waals surface area contributed by atoms with Crippen molar-refractivity contribution >= 4 is 21.8 Å². The van der Waals surface area contributed by atoms with Crippen molar-refractivity contribution in [2.75, 3.05) is 26.0 Å². The molecule has 0 spiro atoms. The van der Waals surface area contributed by atoms with E-state index in [9.17, 15) is 8.42 Å². The van der Waals surface area contributed by atoms with Crippen LogP contribution in [0.4, 0.5) is 0 Å². The van der Waals surface area contributed by atoms with Crippen LogP contribution in [0.2, 0.25) is 0 Å². The van der Waals surface area contributed by atoms with Crippen molar-refractivity contribution in [2.24, 2.45) is 5.73 Å². The molecule has 0 aromatic heterocycles. The standard InChI is InChI=1S/C13H20N2O3S2/c1-10-9-15(5-6-19-10)20(16,17)13-4-3-11(8-14)7-12(13)18-2/h3-4,7,10H,5-6,8-9,14H2,1-2H3. The monoisotopic (exact) mass is 316 g/mol. The Morgan fingerprint density at radius 3 is 2.85 bits per heavy atom. The summed E-state index contributed by atoms with van der Waals surface area (Å²) in [7, 11) is -2.03. The van der Waals surface area contributed by atoms with Gasteiger partial charge in [0.25, 0.3) is 0 Å². The zero-order valence-electron chi connectivity index (χ0n) is 11.7. The molecule has 1 aliphatic heterocycles. The van der Waals surface area contributed by atoms with Crippen LogP contribution < -0.4 is 10.5 Å². The number of nitrogens with zero attached hydrogens (tertiary/aromatic N) is 1. The maximum atomic E-state index is 12.7. The van der Waals surface area contributed by atoms with Crippen LogP contribution in [0.3, 0.4) is 0 Å². The molecule has 1 unspecified atom stereocenters. The summed E-state index contributed by atoms with van der Waals surface area (Å²) >= 11 is 1.80. The summed E-state index contributed by atoms with van der Waals surface area (Å²) in [6.07, 6.45) is 0. The molecule has 1 aromatic rings. The fourth-order valence-corrected chi connectivity index (χ4v) is 5.09. The molecule has 5 nitrogen and oxygen atoms in total. The Kier molecular flexibility index (Phi) is 4.95. The van der Waals surface area contributed by atoms with E-state index in [1.54, 1.807) is 30.0 Å². The number of hydrogen-bond acceptors (Lipinski definition) is 5. The second-order valence-corrected chi connectivity index (χ2v) is 8.19. The van der Waals surface area contributed by atoms with Gasteiger partial charge in [-0.2, -0.15) is 16.1 Å². The van der Waals surface area contributed by atoms with Gasteiger partial charge in [-0.15, -0.1) is 0 Å². The molecule has 2 N–H and O–H groups in total. The van der Waals surface area contributed by atoms with Gasteiger partial charge in [0.1, 0.15) is 10.6 Å². The van der Waals surface area contributed by atoms with Crippen molar-refractivity contribution in [2.45, 2.75) is 23.6 Å². The number of sulfonamides is 1. The number of ether oxygens (including phenoxy) is 1. The highest BCUT2D eigenvalue weighted by atomic mass is 32.2. The smallest absolute Gasteiger partial charge is 0.246 e. The molecule has 0 amide bonds. The summed E-state index contributed by atoms with van der Waals surface area (Å²) in [5, 5.41) is 0.313. The summed E-state index contributed by atoms with van der Waals surface area (Å²) in [5.41, 5.74) is 6.43. The van der Waals surface area contributed by atoms with E-state index in [0.717, 1.165) is 11.3 Å². The summed E-state index contributed by atoms with van der Waals surface area (Å²) in [5.74, 6) is 1.18. The van der Waals surface area contributed by atoms with E-state index in [-0.39, 0.29) is 4.90 Å². The molecule has 0 bridgehead atoms. The largest absolute Gasteiger partial charge is 0.495 e. The molecule has 1 fully saturated rings. The van der Waals surface area contributed by atoms with E-state index in [1.807, 2.05) is 6.92 Å². The second-order valence-electron chi connectivity index (χ2n) is 4.73. The summed E-state index contributed by atoms with van der Waals surface area (Å²) in [6, 6.07) is 5.01. The minimum atomic E-state index is -3.51. The van der Waals surface area contributed by atoms with Crippen molar-refractivity contribution in [3.8, 4) is 5.75 Å². The highest BCUT2D eigenvalue weighted by molar-refractivity contribution is 8.00. The van der Waals surface area contributed by atoms with Crippen molar-refractivity contribution in [1.82, 2.24) is 4.31 Å². The lowest BCUT2D eigenvalue weighted by Gasteiger charge is -2.30. The van der Waals surface area contributed by atoms with Gasteiger partial charge in [0.2, 0.25) is 10.0 Å². The number of thioether (sulfide) groups is 1. The van der Waals surface area contributed by atoms with Crippen LogP contribution >= 0.6 is 11.8 Å². The van der Waals surface area contributed by atoms with E-state index in [1.165, 1.54) is 11.4 Å². The van der Waals surface area contributed by atoms with Gasteiger partial charge in [0.15, 0.2) is 0 Å². The molecule has 0 aliphatic carbocycles. The summed E-state index contributed by atoms with van der Waals surface area (Å²) in [4.78, 5) is 0.219. The zero-order valence-corrected chi connectivity index (χ0v) is 13.3. The molecule has 1 aliphatic rings. The molecule has 2 rings (SSSR count). The maximum absolute atomic E-state index is 12.7. The van der Waals surface area contributed by atoms with Crippen LogP contribution in [0, 0.1) is 0 Å². The highest BCUT2D eigenvalue weighted by Gasteiger charge is 2.31. The quantitative estimate of drug-likeness (QED) is 0.906. The number of nitrogens with two attached hydrogens (primary N) is 1. The Morgan fingerprint density at radius 1 is 1.50 bits per heavy atom. The van der Waals surface area contributed by atoms with Crippen molar-refractivity contribution in [3.63, 3.8) is 0 Å². The molecule has 1 atom stereocenters. The minimum absolute atomic E-state index is 0.219. The summed E-state index contributed by atoms with van der Waals surface area (Å²) in [6.45, 7) is 3.48. The predicted molar refractivity (Wildman–Crippen MR) is 81.6 cm³/mol. The Hall–Kier alpha value is -0.760. The molecule has 1 heterocycles. The molecular weight excluding hydrogens is 296 g/mol. The SMILES string of the molecule is COc1cc(CN)ccc1S(=O)(=O)N1CCSC(C)C1. The first-order valence-corrected chi connectivity index (χ1v) is 8.96. The first-order chi connectivity index (χ1) is 9.48. The van der Waals surface area contributed by atoms with Gasteiger partial charge in [-0.1, -0.05) is 13.0 Å². The van der Waals surface area contributed by atoms with Gasteiger partial charge in [0, 0.05) is 30.6 Å². The average Bonchev–Trinajstić information content (AvgIpc) is 2.46. The van der Waals surface area contributed by atoms with Crippen molar-refractivity contribution in [3.05, 3.63) is 23.8 Å². The fourth-order valence-electron chi connectivity index (χ4n) is 2.20. The number of rotatable bonds is 4. The lowest BCUT2D eigenvalue weighted by Crippen LogP contribution is -2.41. The van der Waals surface area contributed by atoms with Crippen LogP contribution in [0.15, 0.2) is 23.1 Å². The van der Waals surface area contributed by atoms with Crippen molar-refractivity contribution in [1.29, 1.82) is 0 Å². The lowest BCUT2D eigenvalue weighted by atomic mass is 10.2. The van der Waals surface area contributed by atoms with E-state index < -0.39 is 10.0 Å². The Bertz CT molecular complexity index is 575. The topological polar surface area (TPSA) is 72.6 Å². The highest BCUT2D eigenvalue weighted by Crippen LogP contribution is 2.30. The van der Waals surface area contributed by atoms with Crippen LogP contribution in [0.5, 0.6) is 5.75 Å². The maximum Gasteiger partial charge on any atom is 0.246 e. The van der Waals surface area contributed by atoms with Crippen LogP contribution in [-0.4, -0.2) is 43.9 Å². The fraction of sp³-hybridized carbons (Fsp3) is 0.538. The molecule has 0 radical (unpaired) electrons. The predicted octanol–water partition coefficient (Wildman–Crippen LogP) is 1.28. The third kappa shape index (κ3) is 3.11. The van der Waals surface area contributed by atoms with Gasteiger partial charge in [-0.3, -0.25) is 0 Å². The first-order valence-electron chi connectivity index (χ1n) is 6.47. The number of hydrogen-bond donors (Lipinski definition) is 1. The number of benzene rings is 1. The molecule has 1 aromatic carbocycles. The van der Waals surface area contributed by atoms with Gasteiger partial charge in [0.05, 0.1) is 7.11 Å². The normalized spacial score (nSPS) is 20.9. The summed E-state index contributed by atoms with van der Waals surface area (Å²) < 4.78 is 32.2. The average molecular weight is 316 g/mol. The first kappa shape index (κ1) is 15.6. The zero-order chi connectivity index (χ0) is 14.8. The third-order valence-electron chi connectivity index (χ3n) is 3.29.